The fourth-order valence-electron chi connectivity index (χ4n) is 2.02. The van der Waals surface area contributed by atoms with Crippen molar-refractivity contribution in [2.24, 2.45) is 10.1 Å². The summed E-state index contributed by atoms with van der Waals surface area (Å²) >= 11 is 6.90. The van der Waals surface area contributed by atoms with E-state index in [1.54, 1.807) is 0 Å². The van der Waals surface area contributed by atoms with Gasteiger partial charge in [-0.05, 0) is 50.2 Å². The predicted octanol–water partition coefficient (Wildman–Crippen LogP) is 3.19. The van der Waals surface area contributed by atoms with Gasteiger partial charge in [0.1, 0.15) is 0 Å². The minimum Gasteiger partial charge on any atom is -0.362 e. The smallest absolute Gasteiger partial charge is 0.186 e. The van der Waals surface area contributed by atoms with Gasteiger partial charge in [-0.3, -0.25) is 10.4 Å². The van der Waals surface area contributed by atoms with E-state index in [4.69, 9.17) is 12.2 Å². The van der Waals surface area contributed by atoms with Crippen LogP contribution in [0.5, 0.6) is 0 Å². The zero-order valence-corrected chi connectivity index (χ0v) is 15.4. The number of hydrogen-bond donors (Lipinski definition) is 3. The first-order valence-electron chi connectivity index (χ1n) is 7.79. The van der Waals surface area contributed by atoms with Crippen molar-refractivity contribution in [3.8, 4) is 0 Å². The van der Waals surface area contributed by atoms with E-state index >= 15 is 0 Å². The maximum atomic E-state index is 5.09. The lowest BCUT2D eigenvalue weighted by Crippen LogP contribution is -2.32. The summed E-state index contributed by atoms with van der Waals surface area (Å²) < 4.78 is 0. The third-order valence-electron chi connectivity index (χ3n) is 3.39. The van der Waals surface area contributed by atoms with E-state index in [2.05, 4.69) is 33.1 Å². The van der Waals surface area contributed by atoms with Gasteiger partial charge < -0.3 is 10.6 Å². The van der Waals surface area contributed by atoms with Gasteiger partial charge in [-0.25, -0.2) is 0 Å². The molecule has 1 atom stereocenters. The van der Waals surface area contributed by atoms with Gasteiger partial charge >= 0.3 is 0 Å². The molecule has 1 aromatic carbocycles. The van der Waals surface area contributed by atoms with Crippen LogP contribution in [0.25, 0.3) is 0 Å². The summed E-state index contributed by atoms with van der Waals surface area (Å²) in [4.78, 5) is 4.52. The van der Waals surface area contributed by atoms with Gasteiger partial charge in [-0.15, -0.1) is 0 Å². The molecule has 1 aliphatic rings. The highest BCUT2D eigenvalue weighted by molar-refractivity contribution is 8.15. The van der Waals surface area contributed by atoms with Crippen LogP contribution >= 0.6 is 24.0 Å². The molecule has 0 saturated carbocycles. The Morgan fingerprint density at radius 1 is 1.35 bits per heavy atom. The van der Waals surface area contributed by atoms with E-state index in [1.165, 1.54) is 0 Å². The lowest BCUT2D eigenvalue weighted by atomic mass is 10.1. The first-order valence-corrected chi connectivity index (χ1v) is 9.07. The molecule has 0 bridgehead atoms. The van der Waals surface area contributed by atoms with Crippen LogP contribution in [0.4, 0.5) is 5.69 Å². The number of aliphatic imine (C=N–C) groups is 1. The number of amidine groups is 1. The minimum atomic E-state index is 0.534. The Balaban J connectivity index is 1.91. The lowest BCUT2D eigenvalue weighted by molar-refractivity contribution is 0.843. The van der Waals surface area contributed by atoms with Crippen molar-refractivity contribution in [2.45, 2.75) is 32.4 Å². The van der Waals surface area contributed by atoms with Gasteiger partial charge in [0.2, 0.25) is 0 Å². The molecule has 0 spiro atoms. The highest BCUT2D eigenvalue weighted by Gasteiger charge is 2.17. The van der Waals surface area contributed by atoms with Gasteiger partial charge in [0.25, 0.3) is 0 Å². The number of anilines is 1. The Kier molecular flexibility index (Phi) is 6.85. The van der Waals surface area contributed by atoms with Crippen molar-refractivity contribution in [2.75, 3.05) is 18.4 Å². The molecule has 0 fully saturated rings. The molecule has 124 valence electrons. The third kappa shape index (κ3) is 5.51. The highest BCUT2D eigenvalue weighted by atomic mass is 32.2. The molecule has 1 heterocycles. The number of rotatable bonds is 5. The Morgan fingerprint density at radius 3 is 2.70 bits per heavy atom. The molecule has 0 aliphatic carbocycles. The fraction of sp³-hybridized carbons (Fsp3) is 0.438. The van der Waals surface area contributed by atoms with Crippen molar-refractivity contribution in [3.63, 3.8) is 0 Å². The number of nitrogens with zero attached hydrogens (tertiary/aromatic N) is 2. The summed E-state index contributed by atoms with van der Waals surface area (Å²) in [6.07, 6.45) is 1.15. The van der Waals surface area contributed by atoms with Crippen LogP contribution < -0.4 is 16.1 Å². The molecule has 0 amide bonds. The molecule has 5 nitrogen and oxygen atoms in total. The van der Waals surface area contributed by atoms with Gasteiger partial charge in [-0.2, -0.15) is 5.10 Å². The van der Waals surface area contributed by atoms with Crippen LogP contribution in [0.15, 0.2) is 34.4 Å². The number of hydrazone groups is 1. The normalized spacial score (nSPS) is 17.6. The largest absolute Gasteiger partial charge is 0.362 e. The molecule has 0 radical (unpaired) electrons. The minimum absolute atomic E-state index is 0.534. The molecule has 0 saturated heterocycles. The molecule has 23 heavy (non-hydrogen) atoms. The van der Waals surface area contributed by atoms with Crippen molar-refractivity contribution in [1.82, 2.24) is 10.7 Å². The zero-order chi connectivity index (χ0) is 16.7. The van der Waals surface area contributed by atoms with Crippen LogP contribution in [0.2, 0.25) is 0 Å². The summed E-state index contributed by atoms with van der Waals surface area (Å²) in [5.74, 6) is 0. The number of thioether (sulfide) groups is 1. The standard InChI is InChI=1S/C16H23N5S2/c1-4-14-10-18-16(23-14)19-13-8-6-12(7-9-13)11(3)20-21-15(22)17-5-2/h6-9,14H,4-5,10H2,1-3H3,(H,18,19)(H2,17,21,22)/b20-11-/t14-/m1/s1. The second-order valence-electron chi connectivity index (χ2n) is 5.16. The number of thiocarbonyl (C=S) groups is 1. The van der Waals surface area contributed by atoms with E-state index < -0.39 is 0 Å². The molecular weight excluding hydrogens is 326 g/mol. The molecular formula is C16H23N5S2. The Bertz CT molecular complexity index is 595. The van der Waals surface area contributed by atoms with E-state index in [9.17, 15) is 0 Å². The second-order valence-corrected chi connectivity index (χ2v) is 6.86. The summed E-state index contributed by atoms with van der Waals surface area (Å²) in [6, 6.07) is 8.16. The summed E-state index contributed by atoms with van der Waals surface area (Å²) in [5, 5.41) is 12.8. The third-order valence-corrected chi connectivity index (χ3v) is 4.89. The molecule has 1 aromatic rings. The lowest BCUT2D eigenvalue weighted by Gasteiger charge is -2.09. The van der Waals surface area contributed by atoms with E-state index in [0.29, 0.717) is 10.4 Å². The molecule has 7 heteroatoms. The molecule has 2 rings (SSSR count). The van der Waals surface area contributed by atoms with Crippen LogP contribution in [-0.4, -0.2) is 34.3 Å². The van der Waals surface area contributed by atoms with Crippen LogP contribution in [0.1, 0.15) is 32.8 Å². The number of benzene rings is 1. The van der Waals surface area contributed by atoms with Gasteiger partial charge in [0.05, 0.1) is 12.3 Å². The first-order chi connectivity index (χ1) is 11.1. The van der Waals surface area contributed by atoms with E-state index in [1.807, 2.05) is 49.9 Å². The summed E-state index contributed by atoms with van der Waals surface area (Å²) in [7, 11) is 0. The second kappa shape index (κ2) is 8.88. The Hall–Kier alpha value is -1.60. The van der Waals surface area contributed by atoms with Gasteiger partial charge in [0, 0.05) is 17.5 Å². The topological polar surface area (TPSA) is 60.8 Å². The van der Waals surface area contributed by atoms with Crippen LogP contribution in [0, 0.1) is 0 Å². The molecule has 3 N–H and O–H groups in total. The Morgan fingerprint density at radius 2 is 2.09 bits per heavy atom. The predicted molar refractivity (Wildman–Crippen MR) is 106 cm³/mol. The van der Waals surface area contributed by atoms with Crippen molar-refractivity contribution >= 4 is 45.7 Å². The first kappa shape index (κ1) is 17.7. The maximum absolute atomic E-state index is 5.09. The monoisotopic (exact) mass is 349 g/mol. The van der Waals surface area contributed by atoms with Crippen LogP contribution in [-0.2, 0) is 0 Å². The SMILES string of the molecule is CCNC(=S)N/N=C(/C)c1ccc(NC2=NC[C@@H](CC)S2)cc1. The maximum Gasteiger partial charge on any atom is 0.186 e. The van der Waals surface area contributed by atoms with E-state index in [-0.39, 0.29) is 0 Å². The van der Waals surface area contributed by atoms with Crippen molar-refractivity contribution < 1.29 is 0 Å². The molecule has 0 unspecified atom stereocenters. The average molecular weight is 350 g/mol. The van der Waals surface area contributed by atoms with Crippen LogP contribution in [0.3, 0.4) is 0 Å². The van der Waals surface area contributed by atoms with Crippen molar-refractivity contribution in [3.05, 3.63) is 29.8 Å². The van der Waals surface area contributed by atoms with Gasteiger partial charge in [0.15, 0.2) is 10.3 Å². The summed E-state index contributed by atoms with van der Waals surface area (Å²) in [6.45, 7) is 7.83. The molecule has 0 aromatic heterocycles. The molecule has 1 aliphatic heterocycles. The number of nitrogens with one attached hydrogen (secondary N) is 3. The van der Waals surface area contributed by atoms with Crippen molar-refractivity contribution in [1.29, 1.82) is 0 Å². The quantitative estimate of drug-likeness (QED) is 0.433. The highest BCUT2D eigenvalue weighted by Crippen LogP contribution is 2.24. The zero-order valence-electron chi connectivity index (χ0n) is 13.7. The average Bonchev–Trinajstić information content (AvgIpc) is 3.01. The fourth-order valence-corrected chi connectivity index (χ4v) is 3.16. The number of hydrogen-bond acceptors (Lipinski definition) is 5. The van der Waals surface area contributed by atoms with E-state index in [0.717, 1.165) is 41.6 Å². The Labute approximate surface area is 147 Å². The van der Waals surface area contributed by atoms with Gasteiger partial charge in [-0.1, -0.05) is 30.8 Å². The summed E-state index contributed by atoms with van der Waals surface area (Å²) in [5.41, 5.74) is 5.81.